The zero-order chi connectivity index (χ0) is 15.5. The Kier molecular flexibility index (Phi) is 3.86. The maximum absolute atomic E-state index is 5.93. The largest absolute Gasteiger partial charge is 0.381 e. The van der Waals surface area contributed by atoms with E-state index in [2.05, 4.69) is 39.4 Å². The minimum atomic E-state index is 0.319. The van der Waals surface area contributed by atoms with Crippen LogP contribution in [0.4, 0.5) is 11.6 Å². The second-order valence-corrected chi connectivity index (χ2v) is 5.11. The molecule has 0 saturated carbocycles. The number of nitrogens with one attached hydrogen (secondary N) is 1. The molecule has 0 aliphatic heterocycles. The number of nitrogens with two attached hydrogens (primary N) is 1. The lowest BCUT2D eigenvalue weighted by molar-refractivity contribution is 0.667. The Labute approximate surface area is 128 Å². The highest BCUT2D eigenvalue weighted by atomic mass is 15.4. The van der Waals surface area contributed by atoms with Crippen molar-refractivity contribution in [2.75, 3.05) is 11.1 Å². The molecule has 0 fully saturated rings. The van der Waals surface area contributed by atoms with Gasteiger partial charge in [0, 0.05) is 6.04 Å². The second kappa shape index (κ2) is 5.97. The van der Waals surface area contributed by atoms with Gasteiger partial charge in [0.2, 0.25) is 0 Å². The van der Waals surface area contributed by atoms with Crippen LogP contribution in [0.25, 0.3) is 16.9 Å². The number of hydrogen-bond donors (Lipinski definition) is 2. The number of fused-ring (bicyclic) bond motifs is 1. The summed E-state index contributed by atoms with van der Waals surface area (Å²) in [4.78, 5) is 8.79. The van der Waals surface area contributed by atoms with Gasteiger partial charge in [0.25, 0.3) is 0 Å². The highest BCUT2D eigenvalue weighted by Crippen LogP contribution is 2.19. The summed E-state index contributed by atoms with van der Waals surface area (Å²) in [5.74, 6) is 1.57. The molecule has 7 nitrogen and oxygen atoms in total. The standard InChI is InChI=1S/C15H19N7/c1-3-10(4-2)18-15-14(16)17-9-13(19-15)22-12-8-6-5-7-11(12)20-21-22/h5-10H,3-4H2,1-2H3,(H2,16,17)(H,18,19). The number of hydrogen-bond acceptors (Lipinski definition) is 6. The van der Waals surface area contributed by atoms with Gasteiger partial charge >= 0.3 is 0 Å². The molecule has 1 aromatic carbocycles. The highest BCUT2D eigenvalue weighted by Gasteiger charge is 2.12. The molecule has 0 unspecified atom stereocenters. The van der Waals surface area contributed by atoms with Crippen molar-refractivity contribution >= 4 is 22.7 Å². The summed E-state index contributed by atoms with van der Waals surface area (Å²) < 4.78 is 1.67. The van der Waals surface area contributed by atoms with Gasteiger partial charge in [-0.05, 0) is 25.0 Å². The molecule has 0 bridgehead atoms. The first-order valence-corrected chi connectivity index (χ1v) is 7.42. The number of anilines is 2. The first-order valence-electron chi connectivity index (χ1n) is 7.42. The van der Waals surface area contributed by atoms with Gasteiger partial charge in [-0.15, -0.1) is 5.10 Å². The molecule has 0 amide bonds. The van der Waals surface area contributed by atoms with E-state index >= 15 is 0 Å². The van der Waals surface area contributed by atoms with Crippen LogP contribution >= 0.6 is 0 Å². The van der Waals surface area contributed by atoms with Gasteiger partial charge in [-0.3, -0.25) is 0 Å². The molecule has 22 heavy (non-hydrogen) atoms. The molecule has 3 N–H and O–H groups in total. The van der Waals surface area contributed by atoms with Gasteiger partial charge < -0.3 is 11.1 Å². The average molecular weight is 297 g/mol. The fraction of sp³-hybridized carbons (Fsp3) is 0.333. The van der Waals surface area contributed by atoms with Crippen LogP contribution in [0.2, 0.25) is 0 Å². The van der Waals surface area contributed by atoms with Crippen molar-refractivity contribution in [3.8, 4) is 5.82 Å². The van der Waals surface area contributed by atoms with Crippen molar-refractivity contribution in [2.45, 2.75) is 32.7 Å². The molecule has 0 spiro atoms. The molecule has 114 valence electrons. The van der Waals surface area contributed by atoms with Crippen LogP contribution in [-0.2, 0) is 0 Å². The van der Waals surface area contributed by atoms with Gasteiger partial charge in [0.15, 0.2) is 17.5 Å². The Bertz CT molecular complexity index is 776. The van der Waals surface area contributed by atoms with Crippen LogP contribution in [0, 0.1) is 0 Å². The first-order chi connectivity index (χ1) is 10.7. The molecule has 3 aromatic rings. The summed E-state index contributed by atoms with van der Waals surface area (Å²) in [5, 5.41) is 11.6. The Morgan fingerprint density at radius 3 is 2.77 bits per heavy atom. The van der Waals surface area contributed by atoms with E-state index in [1.54, 1.807) is 10.9 Å². The van der Waals surface area contributed by atoms with Gasteiger partial charge in [0.05, 0.1) is 11.7 Å². The number of aromatic nitrogens is 5. The number of benzene rings is 1. The predicted molar refractivity (Wildman–Crippen MR) is 86.9 cm³/mol. The van der Waals surface area contributed by atoms with E-state index in [0.717, 1.165) is 23.9 Å². The molecule has 0 aliphatic rings. The maximum Gasteiger partial charge on any atom is 0.176 e. The average Bonchev–Trinajstić information content (AvgIpc) is 2.98. The highest BCUT2D eigenvalue weighted by molar-refractivity contribution is 5.75. The fourth-order valence-corrected chi connectivity index (χ4v) is 2.32. The molecular formula is C15H19N7. The molecule has 2 heterocycles. The van der Waals surface area contributed by atoms with E-state index in [1.807, 2.05) is 24.3 Å². The maximum atomic E-state index is 5.93. The van der Waals surface area contributed by atoms with Crippen molar-refractivity contribution in [1.29, 1.82) is 0 Å². The molecule has 2 aromatic heterocycles. The van der Waals surface area contributed by atoms with Gasteiger partial charge in [-0.1, -0.05) is 31.2 Å². The monoisotopic (exact) mass is 297 g/mol. The fourth-order valence-electron chi connectivity index (χ4n) is 2.32. The van der Waals surface area contributed by atoms with E-state index in [9.17, 15) is 0 Å². The van der Waals surface area contributed by atoms with Crippen LogP contribution in [0.5, 0.6) is 0 Å². The molecule has 3 rings (SSSR count). The van der Waals surface area contributed by atoms with Crippen molar-refractivity contribution in [1.82, 2.24) is 25.0 Å². The van der Waals surface area contributed by atoms with Gasteiger partial charge in [-0.25, -0.2) is 9.97 Å². The summed E-state index contributed by atoms with van der Waals surface area (Å²) in [6.07, 6.45) is 3.59. The third kappa shape index (κ3) is 2.57. The van der Waals surface area contributed by atoms with E-state index in [-0.39, 0.29) is 0 Å². The Morgan fingerprint density at radius 2 is 2.00 bits per heavy atom. The van der Waals surface area contributed by atoms with Crippen LogP contribution in [0.15, 0.2) is 30.5 Å². The summed E-state index contributed by atoms with van der Waals surface area (Å²) in [7, 11) is 0. The van der Waals surface area contributed by atoms with Crippen LogP contribution < -0.4 is 11.1 Å². The Morgan fingerprint density at radius 1 is 1.23 bits per heavy atom. The molecular weight excluding hydrogens is 278 g/mol. The number of nitrogens with zero attached hydrogens (tertiary/aromatic N) is 5. The quantitative estimate of drug-likeness (QED) is 0.751. The van der Waals surface area contributed by atoms with Gasteiger partial charge in [-0.2, -0.15) is 4.68 Å². The smallest absolute Gasteiger partial charge is 0.176 e. The normalized spacial score (nSPS) is 11.2. The molecule has 7 heteroatoms. The lowest BCUT2D eigenvalue weighted by Gasteiger charge is -2.16. The van der Waals surface area contributed by atoms with E-state index in [1.165, 1.54) is 0 Å². The second-order valence-electron chi connectivity index (χ2n) is 5.11. The van der Waals surface area contributed by atoms with E-state index in [0.29, 0.717) is 23.5 Å². The van der Waals surface area contributed by atoms with Crippen LogP contribution in [-0.4, -0.2) is 31.0 Å². The summed E-state index contributed by atoms with van der Waals surface area (Å²) in [6, 6.07) is 8.04. The summed E-state index contributed by atoms with van der Waals surface area (Å²) in [5.41, 5.74) is 7.63. The lowest BCUT2D eigenvalue weighted by Crippen LogP contribution is -2.20. The lowest BCUT2D eigenvalue weighted by atomic mass is 10.2. The SMILES string of the molecule is CCC(CC)Nc1nc(-n2nnc3ccccc32)cnc1N. The molecule has 0 radical (unpaired) electrons. The predicted octanol–water partition coefficient (Wildman–Crippen LogP) is 2.39. The zero-order valence-electron chi connectivity index (χ0n) is 12.7. The van der Waals surface area contributed by atoms with Crippen LogP contribution in [0.3, 0.4) is 0 Å². The Hall–Kier alpha value is -2.70. The molecule has 0 aliphatic carbocycles. The minimum absolute atomic E-state index is 0.319. The summed E-state index contributed by atoms with van der Waals surface area (Å²) >= 11 is 0. The number of rotatable bonds is 5. The van der Waals surface area contributed by atoms with Gasteiger partial charge in [0.1, 0.15) is 5.52 Å². The zero-order valence-corrected chi connectivity index (χ0v) is 12.7. The van der Waals surface area contributed by atoms with Crippen molar-refractivity contribution < 1.29 is 0 Å². The van der Waals surface area contributed by atoms with Crippen molar-refractivity contribution in [3.05, 3.63) is 30.5 Å². The topological polar surface area (TPSA) is 94.5 Å². The summed E-state index contributed by atoms with van der Waals surface area (Å²) in [6.45, 7) is 4.25. The van der Waals surface area contributed by atoms with Crippen molar-refractivity contribution in [2.24, 2.45) is 0 Å². The first kappa shape index (κ1) is 14.2. The molecule has 0 atom stereocenters. The van der Waals surface area contributed by atoms with Crippen molar-refractivity contribution in [3.63, 3.8) is 0 Å². The van der Waals surface area contributed by atoms with E-state index < -0.39 is 0 Å². The number of nitrogen functional groups attached to an aromatic ring is 1. The third-order valence-electron chi connectivity index (χ3n) is 3.68. The minimum Gasteiger partial charge on any atom is -0.381 e. The Balaban J connectivity index is 2.01. The number of para-hydroxylation sites is 1. The van der Waals surface area contributed by atoms with E-state index in [4.69, 9.17) is 5.73 Å². The molecule has 0 saturated heterocycles. The van der Waals surface area contributed by atoms with Crippen LogP contribution in [0.1, 0.15) is 26.7 Å². The third-order valence-corrected chi connectivity index (χ3v) is 3.68.